The maximum atomic E-state index is 5.77. The first-order chi connectivity index (χ1) is 10.2. The largest absolute Gasteiger partial charge is 0.375 e. The number of rotatable bonds is 5. The molecule has 5 heteroatoms. The summed E-state index contributed by atoms with van der Waals surface area (Å²) in [5.41, 5.74) is 8.13. The van der Waals surface area contributed by atoms with Crippen LogP contribution < -0.4 is 5.73 Å². The highest BCUT2D eigenvalue weighted by Gasteiger charge is 2.23. The number of benzene rings is 1. The van der Waals surface area contributed by atoms with Crippen LogP contribution in [0, 0.1) is 0 Å². The Balaban J connectivity index is 1.64. The standard InChI is InChI=1S/C16H24N4S/c1-3-20-8-4-5-13(20)11-19(2)10-12-6-7-14-15(9-12)21-16(17)18-14/h6-7,9,13H,3-5,8,10-11H2,1-2H3,(H2,17,18). The molecule has 1 aromatic heterocycles. The molecule has 1 fully saturated rings. The Bertz CT molecular complexity index is 609. The molecule has 1 aromatic carbocycles. The lowest BCUT2D eigenvalue weighted by atomic mass is 10.1. The molecule has 0 spiro atoms. The summed E-state index contributed by atoms with van der Waals surface area (Å²) in [6.45, 7) is 6.84. The van der Waals surface area contributed by atoms with Crippen molar-refractivity contribution in [1.29, 1.82) is 0 Å². The predicted octanol–water partition coefficient (Wildman–Crippen LogP) is 2.79. The first-order valence-electron chi connectivity index (χ1n) is 7.73. The fraction of sp³-hybridized carbons (Fsp3) is 0.562. The lowest BCUT2D eigenvalue weighted by Crippen LogP contribution is -2.38. The van der Waals surface area contributed by atoms with Gasteiger partial charge in [-0.1, -0.05) is 24.3 Å². The second-order valence-electron chi connectivity index (χ2n) is 5.98. The number of nitrogen functional groups attached to an aromatic ring is 1. The van der Waals surface area contributed by atoms with Gasteiger partial charge >= 0.3 is 0 Å². The molecule has 3 rings (SSSR count). The Morgan fingerprint density at radius 3 is 3.14 bits per heavy atom. The third-order valence-electron chi connectivity index (χ3n) is 4.35. The van der Waals surface area contributed by atoms with Crippen LogP contribution in [0.25, 0.3) is 10.2 Å². The third-order valence-corrected chi connectivity index (χ3v) is 5.20. The summed E-state index contributed by atoms with van der Waals surface area (Å²) in [6.07, 6.45) is 2.68. The zero-order valence-corrected chi connectivity index (χ0v) is 13.7. The van der Waals surface area contributed by atoms with Crippen LogP contribution in [0.3, 0.4) is 0 Å². The molecule has 1 unspecified atom stereocenters. The summed E-state index contributed by atoms with van der Waals surface area (Å²) in [5, 5.41) is 0.653. The van der Waals surface area contributed by atoms with Gasteiger partial charge in [-0.05, 0) is 50.7 Å². The van der Waals surface area contributed by atoms with Crippen molar-refractivity contribution in [2.75, 3.05) is 32.4 Å². The number of hydrogen-bond donors (Lipinski definition) is 1. The summed E-state index contributed by atoms with van der Waals surface area (Å²) in [4.78, 5) is 9.35. The van der Waals surface area contributed by atoms with E-state index in [1.807, 2.05) is 0 Å². The molecule has 0 amide bonds. The van der Waals surface area contributed by atoms with Crippen molar-refractivity contribution in [2.45, 2.75) is 32.4 Å². The van der Waals surface area contributed by atoms with Crippen LogP contribution in [0.2, 0.25) is 0 Å². The lowest BCUT2D eigenvalue weighted by molar-refractivity contribution is 0.195. The van der Waals surface area contributed by atoms with E-state index in [0.29, 0.717) is 5.13 Å². The average Bonchev–Trinajstić information content (AvgIpc) is 3.03. The van der Waals surface area contributed by atoms with Gasteiger partial charge in [-0.15, -0.1) is 0 Å². The molecule has 114 valence electrons. The number of likely N-dealkylation sites (tertiary alicyclic amines) is 1. The molecular formula is C16H24N4S. The van der Waals surface area contributed by atoms with Gasteiger partial charge in [-0.3, -0.25) is 4.90 Å². The molecule has 1 aliphatic rings. The Morgan fingerprint density at radius 2 is 2.33 bits per heavy atom. The Labute approximate surface area is 130 Å². The predicted molar refractivity (Wildman–Crippen MR) is 90.6 cm³/mol. The number of anilines is 1. The number of likely N-dealkylation sites (N-methyl/N-ethyl adjacent to an activating group) is 2. The fourth-order valence-electron chi connectivity index (χ4n) is 3.34. The molecule has 0 saturated carbocycles. The minimum atomic E-state index is 0.653. The highest BCUT2D eigenvalue weighted by molar-refractivity contribution is 7.22. The van der Waals surface area contributed by atoms with Crippen molar-refractivity contribution in [3.8, 4) is 0 Å². The van der Waals surface area contributed by atoms with E-state index in [9.17, 15) is 0 Å². The molecule has 2 N–H and O–H groups in total. The van der Waals surface area contributed by atoms with E-state index in [1.54, 1.807) is 11.3 Å². The van der Waals surface area contributed by atoms with Crippen molar-refractivity contribution in [3.05, 3.63) is 23.8 Å². The zero-order chi connectivity index (χ0) is 14.8. The minimum Gasteiger partial charge on any atom is -0.375 e. The number of aromatic nitrogens is 1. The van der Waals surface area contributed by atoms with Crippen LogP contribution in [0.4, 0.5) is 5.13 Å². The van der Waals surface area contributed by atoms with Gasteiger partial charge in [0.25, 0.3) is 0 Å². The number of thiazole rings is 1. The molecular weight excluding hydrogens is 280 g/mol. The van der Waals surface area contributed by atoms with Crippen LogP contribution in [0.15, 0.2) is 18.2 Å². The second-order valence-corrected chi connectivity index (χ2v) is 7.04. The van der Waals surface area contributed by atoms with E-state index >= 15 is 0 Å². The van der Waals surface area contributed by atoms with Crippen LogP contribution in [0.1, 0.15) is 25.3 Å². The van der Waals surface area contributed by atoms with Crippen LogP contribution in [-0.2, 0) is 6.54 Å². The molecule has 2 heterocycles. The monoisotopic (exact) mass is 304 g/mol. The first kappa shape index (κ1) is 14.8. The molecule has 1 saturated heterocycles. The molecule has 0 aliphatic carbocycles. The van der Waals surface area contributed by atoms with Crippen LogP contribution in [-0.4, -0.2) is 47.5 Å². The van der Waals surface area contributed by atoms with Crippen molar-refractivity contribution < 1.29 is 0 Å². The van der Waals surface area contributed by atoms with Gasteiger partial charge in [0.1, 0.15) is 0 Å². The smallest absolute Gasteiger partial charge is 0.181 e. The Hall–Kier alpha value is -1.17. The van der Waals surface area contributed by atoms with Crippen molar-refractivity contribution in [3.63, 3.8) is 0 Å². The molecule has 2 aromatic rings. The maximum absolute atomic E-state index is 5.77. The van der Waals surface area contributed by atoms with Gasteiger partial charge in [-0.25, -0.2) is 4.98 Å². The van der Waals surface area contributed by atoms with Crippen LogP contribution in [0.5, 0.6) is 0 Å². The van der Waals surface area contributed by atoms with Gasteiger partial charge in [0.2, 0.25) is 0 Å². The quantitative estimate of drug-likeness (QED) is 0.922. The molecule has 21 heavy (non-hydrogen) atoms. The molecule has 1 aliphatic heterocycles. The van der Waals surface area contributed by atoms with E-state index in [2.05, 4.69) is 47.0 Å². The van der Waals surface area contributed by atoms with Crippen molar-refractivity contribution in [2.24, 2.45) is 0 Å². The number of nitrogens with zero attached hydrogens (tertiary/aromatic N) is 3. The third kappa shape index (κ3) is 3.36. The van der Waals surface area contributed by atoms with Gasteiger partial charge in [0.05, 0.1) is 10.2 Å². The average molecular weight is 304 g/mol. The number of hydrogen-bond acceptors (Lipinski definition) is 5. The molecule has 0 radical (unpaired) electrons. The van der Waals surface area contributed by atoms with Crippen molar-refractivity contribution in [1.82, 2.24) is 14.8 Å². The number of nitrogens with two attached hydrogens (primary N) is 1. The fourth-order valence-corrected chi connectivity index (χ4v) is 4.14. The Kier molecular flexibility index (Phi) is 4.42. The lowest BCUT2D eigenvalue weighted by Gasteiger charge is -2.27. The molecule has 1 atom stereocenters. The molecule has 0 bridgehead atoms. The second kappa shape index (κ2) is 6.30. The summed E-state index contributed by atoms with van der Waals surface area (Å²) < 4.78 is 1.19. The van der Waals surface area contributed by atoms with E-state index in [-0.39, 0.29) is 0 Å². The normalized spacial score (nSPS) is 19.9. The van der Waals surface area contributed by atoms with E-state index < -0.39 is 0 Å². The van der Waals surface area contributed by atoms with E-state index in [1.165, 1.54) is 36.2 Å². The van der Waals surface area contributed by atoms with Crippen LogP contribution >= 0.6 is 11.3 Å². The van der Waals surface area contributed by atoms with E-state index in [0.717, 1.165) is 24.6 Å². The minimum absolute atomic E-state index is 0.653. The zero-order valence-electron chi connectivity index (χ0n) is 12.9. The highest BCUT2D eigenvalue weighted by Crippen LogP contribution is 2.25. The summed E-state index contributed by atoms with van der Waals surface area (Å²) in [5.74, 6) is 0. The topological polar surface area (TPSA) is 45.4 Å². The highest BCUT2D eigenvalue weighted by atomic mass is 32.1. The van der Waals surface area contributed by atoms with E-state index in [4.69, 9.17) is 5.73 Å². The SMILES string of the molecule is CCN1CCCC1CN(C)Cc1ccc2nc(N)sc2c1. The number of fused-ring (bicyclic) bond motifs is 1. The van der Waals surface area contributed by atoms with Gasteiger partial charge in [-0.2, -0.15) is 0 Å². The van der Waals surface area contributed by atoms with Gasteiger partial charge in [0.15, 0.2) is 5.13 Å². The summed E-state index contributed by atoms with van der Waals surface area (Å²) in [7, 11) is 2.22. The van der Waals surface area contributed by atoms with Crippen molar-refractivity contribution >= 4 is 26.7 Å². The summed E-state index contributed by atoms with van der Waals surface area (Å²) in [6, 6.07) is 7.21. The molecule has 4 nitrogen and oxygen atoms in total. The first-order valence-corrected chi connectivity index (χ1v) is 8.55. The summed E-state index contributed by atoms with van der Waals surface area (Å²) >= 11 is 1.57. The van der Waals surface area contributed by atoms with Gasteiger partial charge < -0.3 is 10.6 Å². The Morgan fingerprint density at radius 1 is 1.48 bits per heavy atom. The maximum Gasteiger partial charge on any atom is 0.181 e. The van der Waals surface area contributed by atoms with Gasteiger partial charge in [0, 0.05) is 19.1 Å².